The number of carbonyl (C=O) groups excluding carboxylic acids is 1. The number of nitrogens with two attached hydrogens (primary N) is 1. The van der Waals surface area contributed by atoms with Gasteiger partial charge in [-0.1, -0.05) is 19.3 Å². The summed E-state index contributed by atoms with van der Waals surface area (Å²) in [6, 6.07) is 3.43. The molecule has 0 aromatic heterocycles. The molecule has 2 atom stereocenters. The van der Waals surface area contributed by atoms with Crippen molar-refractivity contribution in [3.8, 4) is 0 Å². The molecule has 7 nitrogen and oxygen atoms in total. The van der Waals surface area contributed by atoms with Crippen LogP contribution in [-0.2, 0) is 0 Å². The summed E-state index contributed by atoms with van der Waals surface area (Å²) in [4.78, 5) is 22.4. The van der Waals surface area contributed by atoms with E-state index >= 15 is 0 Å². The summed E-state index contributed by atoms with van der Waals surface area (Å²) in [5.41, 5.74) is 5.78. The number of nitrogen functional groups attached to an aromatic ring is 1. The number of rotatable bonds is 3. The van der Waals surface area contributed by atoms with Gasteiger partial charge in [-0.3, -0.25) is 14.9 Å². The number of nitro benzene ring substituents is 1. The molecule has 7 heteroatoms. The average Bonchev–Trinajstić information content (AvgIpc) is 2.64. The molecule has 1 aromatic carbocycles. The number of amides is 1. The molecule has 1 fully saturated rings. The van der Waals surface area contributed by atoms with Gasteiger partial charge in [0.15, 0.2) is 0 Å². The van der Waals surface area contributed by atoms with Crippen molar-refractivity contribution in [3.05, 3.63) is 33.9 Å². The van der Waals surface area contributed by atoms with Crippen LogP contribution in [0.1, 0.15) is 42.5 Å². The van der Waals surface area contributed by atoms with Crippen LogP contribution in [0.25, 0.3) is 0 Å². The van der Waals surface area contributed by atoms with E-state index in [1.165, 1.54) is 12.1 Å². The molecule has 1 saturated carbocycles. The van der Waals surface area contributed by atoms with Crippen LogP contribution in [-0.4, -0.2) is 28.1 Å². The second-order valence-corrected chi connectivity index (χ2v) is 5.31. The number of nitro groups is 1. The van der Waals surface area contributed by atoms with Crippen LogP contribution in [0.3, 0.4) is 0 Å². The summed E-state index contributed by atoms with van der Waals surface area (Å²) in [5.74, 6) is -0.484. The third-order valence-electron chi connectivity index (χ3n) is 3.79. The fourth-order valence-electron chi connectivity index (χ4n) is 2.56. The Kier molecular flexibility index (Phi) is 4.74. The zero-order valence-electron chi connectivity index (χ0n) is 11.6. The van der Waals surface area contributed by atoms with Crippen molar-refractivity contribution in [1.82, 2.24) is 5.32 Å². The van der Waals surface area contributed by atoms with E-state index in [1.54, 1.807) is 0 Å². The molecule has 2 unspecified atom stereocenters. The van der Waals surface area contributed by atoms with Crippen LogP contribution in [0.5, 0.6) is 0 Å². The quantitative estimate of drug-likeness (QED) is 0.338. The van der Waals surface area contributed by atoms with Crippen molar-refractivity contribution in [2.75, 3.05) is 5.73 Å². The van der Waals surface area contributed by atoms with Crippen molar-refractivity contribution in [3.63, 3.8) is 0 Å². The topological polar surface area (TPSA) is 118 Å². The monoisotopic (exact) mass is 293 g/mol. The van der Waals surface area contributed by atoms with Crippen molar-refractivity contribution < 1.29 is 14.8 Å². The number of aliphatic hydroxyl groups is 1. The maximum absolute atomic E-state index is 12.2. The molecule has 2 rings (SSSR count). The van der Waals surface area contributed by atoms with Crippen LogP contribution >= 0.6 is 0 Å². The summed E-state index contributed by atoms with van der Waals surface area (Å²) < 4.78 is 0. The van der Waals surface area contributed by atoms with E-state index in [9.17, 15) is 20.0 Å². The largest absolute Gasteiger partial charge is 0.398 e. The van der Waals surface area contributed by atoms with Gasteiger partial charge in [0.1, 0.15) is 0 Å². The van der Waals surface area contributed by atoms with Gasteiger partial charge in [-0.15, -0.1) is 0 Å². The average molecular weight is 293 g/mol. The van der Waals surface area contributed by atoms with E-state index in [-0.39, 0.29) is 23.0 Å². The van der Waals surface area contributed by atoms with Gasteiger partial charge >= 0.3 is 0 Å². The molecule has 1 aliphatic rings. The molecule has 0 radical (unpaired) electrons. The molecule has 0 aliphatic heterocycles. The Morgan fingerprint density at radius 2 is 2.05 bits per heavy atom. The van der Waals surface area contributed by atoms with Gasteiger partial charge in [0.05, 0.1) is 22.6 Å². The molecule has 0 bridgehead atoms. The third-order valence-corrected chi connectivity index (χ3v) is 3.79. The van der Waals surface area contributed by atoms with Crippen LogP contribution in [0.2, 0.25) is 0 Å². The molecule has 1 aliphatic carbocycles. The van der Waals surface area contributed by atoms with Crippen molar-refractivity contribution in [2.24, 2.45) is 0 Å². The Hall–Kier alpha value is -2.15. The summed E-state index contributed by atoms with van der Waals surface area (Å²) in [7, 11) is 0. The first-order valence-corrected chi connectivity index (χ1v) is 7.02. The highest BCUT2D eigenvalue weighted by Gasteiger charge is 2.25. The predicted octanol–water partition coefficient (Wildman–Crippen LogP) is 1.60. The number of nitrogens with one attached hydrogen (secondary N) is 1. The van der Waals surface area contributed by atoms with Crippen LogP contribution in [0, 0.1) is 10.1 Å². The molecule has 114 valence electrons. The second-order valence-electron chi connectivity index (χ2n) is 5.31. The highest BCUT2D eigenvalue weighted by Crippen LogP contribution is 2.22. The van der Waals surface area contributed by atoms with E-state index in [0.717, 1.165) is 25.3 Å². The van der Waals surface area contributed by atoms with Gasteiger partial charge < -0.3 is 16.2 Å². The van der Waals surface area contributed by atoms with Gasteiger partial charge in [-0.25, -0.2) is 0 Å². The minimum absolute atomic E-state index is 0.0700. The standard InChI is InChI=1S/C14H19N3O4/c15-11-7-6-9(17(20)21)8-10(11)14(19)16-12-4-2-1-3-5-13(12)18/h6-8,12-13,18H,1-5,15H2,(H,16,19). The zero-order chi connectivity index (χ0) is 15.4. The molecule has 1 aromatic rings. The Morgan fingerprint density at radius 3 is 2.76 bits per heavy atom. The molecule has 21 heavy (non-hydrogen) atoms. The van der Waals surface area contributed by atoms with Crippen LogP contribution in [0.4, 0.5) is 11.4 Å². The molecular formula is C14H19N3O4. The number of aliphatic hydroxyl groups excluding tert-OH is 1. The van der Waals surface area contributed by atoms with E-state index in [4.69, 9.17) is 5.73 Å². The van der Waals surface area contributed by atoms with E-state index in [2.05, 4.69) is 5.32 Å². The van der Waals surface area contributed by atoms with Crippen LogP contribution in [0.15, 0.2) is 18.2 Å². The third kappa shape index (κ3) is 3.69. The molecular weight excluding hydrogens is 274 g/mol. The summed E-state index contributed by atoms with van der Waals surface area (Å²) >= 11 is 0. The zero-order valence-corrected chi connectivity index (χ0v) is 11.6. The van der Waals surface area contributed by atoms with Gasteiger partial charge in [0.2, 0.25) is 0 Å². The number of hydrogen-bond donors (Lipinski definition) is 3. The minimum atomic E-state index is -0.587. The minimum Gasteiger partial charge on any atom is -0.398 e. The normalized spacial score (nSPS) is 22.3. The molecule has 1 amide bonds. The van der Waals surface area contributed by atoms with Crippen molar-refractivity contribution >= 4 is 17.3 Å². The predicted molar refractivity (Wildman–Crippen MR) is 77.9 cm³/mol. The lowest BCUT2D eigenvalue weighted by atomic mass is 10.0. The maximum Gasteiger partial charge on any atom is 0.270 e. The number of carbonyl (C=O) groups is 1. The molecule has 0 spiro atoms. The maximum atomic E-state index is 12.2. The van der Waals surface area contributed by atoms with Crippen LogP contribution < -0.4 is 11.1 Å². The van der Waals surface area contributed by atoms with Crippen molar-refractivity contribution in [2.45, 2.75) is 44.2 Å². The smallest absolute Gasteiger partial charge is 0.270 e. The summed E-state index contributed by atoms with van der Waals surface area (Å²) in [6.45, 7) is 0. The number of benzene rings is 1. The fourth-order valence-corrected chi connectivity index (χ4v) is 2.56. The Bertz CT molecular complexity index is 547. The number of hydrogen-bond acceptors (Lipinski definition) is 5. The van der Waals surface area contributed by atoms with Gasteiger partial charge in [-0.2, -0.15) is 0 Å². The van der Waals surface area contributed by atoms with E-state index in [0.29, 0.717) is 12.8 Å². The summed E-state index contributed by atoms with van der Waals surface area (Å²) in [5, 5.41) is 23.5. The van der Waals surface area contributed by atoms with Gasteiger partial charge in [-0.05, 0) is 18.9 Å². The van der Waals surface area contributed by atoms with E-state index in [1.807, 2.05) is 0 Å². The Morgan fingerprint density at radius 1 is 1.33 bits per heavy atom. The van der Waals surface area contributed by atoms with Gasteiger partial charge in [0.25, 0.3) is 11.6 Å². The highest BCUT2D eigenvalue weighted by atomic mass is 16.6. The first kappa shape index (κ1) is 15.2. The first-order valence-electron chi connectivity index (χ1n) is 7.02. The highest BCUT2D eigenvalue weighted by molar-refractivity contribution is 6.00. The second kappa shape index (κ2) is 6.53. The number of nitrogens with zero attached hydrogens (tertiary/aromatic N) is 1. The summed E-state index contributed by atoms with van der Waals surface area (Å²) in [6.07, 6.45) is 3.66. The van der Waals surface area contributed by atoms with E-state index < -0.39 is 16.9 Å². The lowest BCUT2D eigenvalue weighted by molar-refractivity contribution is -0.384. The molecule has 4 N–H and O–H groups in total. The Balaban J connectivity index is 2.15. The number of non-ortho nitro benzene ring substituents is 1. The Labute approximate surface area is 122 Å². The molecule has 0 heterocycles. The SMILES string of the molecule is Nc1ccc([N+](=O)[O-])cc1C(=O)NC1CCCCCC1O. The number of anilines is 1. The fraction of sp³-hybridized carbons (Fsp3) is 0.500. The van der Waals surface area contributed by atoms with Gasteiger partial charge in [0, 0.05) is 17.8 Å². The lowest BCUT2D eigenvalue weighted by Gasteiger charge is -2.22. The molecule has 0 saturated heterocycles. The first-order chi connectivity index (χ1) is 9.99. The van der Waals surface area contributed by atoms with Crippen molar-refractivity contribution in [1.29, 1.82) is 0 Å². The lowest BCUT2D eigenvalue weighted by Crippen LogP contribution is -2.42.